The summed E-state index contributed by atoms with van der Waals surface area (Å²) < 4.78 is 16.8. The van der Waals surface area contributed by atoms with Gasteiger partial charge in [-0.25, -0.2) is 14.3 Å². The van der Waals surface area contributed by atoms with E-state index in [1.165, 1.54) is 4.68 Å². The summed E-state index contributed by atoms with van der Waals surface area (Å²) in [6.07, 6.45) is 4.57. The SMILES string of the molecule is CCOC(=O)c1nn(-c2ccc(OC)cc2)c(C(=O)OCC)c1NC(=O)C1CCCCC1. The third kappa shape index (κ3) is 5.09. The number of nitrogens with zero attached hydrogens (tertiary/aromatic N) is 2. The van der Waals surface area contributed by atoms with Gasteiger partial charge in [-0.15, -0.1) is 0 Å². The molecule has 0 radical (unpaired) electrons. The molecule has 0 aliphatic heterocycles. The highest BCUT2D eigenvalue weighted by Gasteiger charge is 2.32. The van der Waals surface area contributed by atoms with Crippen molar-refractivity contribution in [2.75, 3.05) is 25.6 Å². The van der Waals surface area contributed by atoms with E-state index in [2.05, 4.69) is 10.4 Å². The first-order chi connectivity index (χ1) is 15.5. The van der Waals surface area contributed by atoms with E-state index in [0.29, 0.717) is 11.4 Å². The number of anilines is 1. The predicted octanol–water partition coefficient (Wildman–Crippen LogP) is 3.75. The Bertz CT molecular complexity index is 961. The highest BCUT2D eigenvalue weighted by molar-refractivity contribution is 6.08. The quantitative estimate of drug-likeness (QED) is 0.619. The molecule has 1 N–H and O–H groups in total. The molecule has 1 saturated carbocycles. The molecular formula is C23H29N3O6. The molecule has 32 heavy (non-hydrogen) atoms. The summed E-state index contributed by atoms with van der Waals surface area (Å²) in [4.78, 5) is 38.6. The molecule has 1 aliphatic rings. The number of benzene rings is 1. The second kappa shape index (κ2) is 10.8. The number of esters is 2. The second-order valence-corrected chi connectivity index (χ2v) is 7.45. The van der Waals surface area contributed by atoms with Crippen molar-refractivity contribution in [1.29, 1.82) is 0 Å². The molecule has 9 heteroatoms. The number of carbonyl (C=O) groups excluding carboxylic acids is 3. The summed E-state index contributed by atoms with van der Waals surface area (Å²) in [5, 5.41) is 7.13. The lowest BCUT2D eigenvalue weighted by Crippen LogP contribution is -2.26. The van der Waals surface area contributed by atoms with E-state index in [1.54, 1.807) is 45.2 Å². The van der Waals surface area contributed by atoms with Gasteiger partial charge in [0.15, 0.2) is 11.4 Å². The molecule has 0 saturated heterocycles. The van der Waals surface area contributed by atoms with Crippen molar-refractivity contribution in [2.45, 2.75) is 46.0 Å². The van der Waals surface area contributed by atoms with Gasteiger partial charge in [0, 0.05) is 5.92 Å². The van der Waals surface area contributed by atoms with Crippen LogP contribution in [0.2, 0.25) is 0 Å². The summed E-state index contributed by atoms with van der Waals surface area (Å²) in [5.74, 6) is -1.24. The number of aromatic nitrogens is 2. The molecule has 0 unspecified atom stereocenters. The van der Waals surface area contributed by atoms with Crippen molar-refractivity contribution in [1.82, 2.24) is 9.78 Å². The second-order valence-electron chi connectivity index (χ2n) is 7.45. The summed E-state index contributed by atoms with van der Waals surface area (Å²) >= 11 is 0. The fraction of sp³-hybridized carbons (Fsp3) is 0.478. The van der Waals surface area contributed by atoms with E-state index >= 15 is 0 Å². The molecule has 9 nitrogen and oxygen atoms in total. The van der Waals surface area contributed by atoms with E-state index in [-0.39, 0.29) is 42.1 Å². The van der Waals surface area contributed by atoms with Gasteiger partial charge in [-0.05, 0) is 51.0 Å². The maximum atomic E-state index is 13.0. The van der Waals surface area contributed by atoms with Crippen molar-refractivity contribution < 1.29 is 28.6 Å². The normalized spacial score (nSPS) is 14.0. The third-order valence-corrected chi connectivity index (χ3v) is 5.36. The molecule has 1 fully saturated rings. The zero-order chi connectivity index (χ0) is 23.1. The lowest BCUT2D eigenvalue weighted by atomic mass is 9.88. The molecule has 0 bridgehead atoms. The number of amides is 1. The molecule has 3 rings (SSSR count). The van der Waals surface area contributed by atoms with E-state index in [1.807, 2.05) is 0 Å². The van der Waals surface area contributed by atoms with Crippen molar-refractivity contribution in [2.24, 2.45) is 5.92 Å². The van der Waals surface area contributed by atoms with Crippen LogP contribution in [0.25, 0.3) is 5.69 Å². The first-order valence-corrected chi connectivity index (χ1v) is 10.9. The summed E-state index contributed by atoms with van der Waals surface area (Å²) in [7, 11) is 1.55. The lowest BCUT2D eigenvalue weighted by molar-refractivity contribution is -0.120. The van der Waals surface area contributed by atoms with Crippen LogP contribution in [0.5, 0.6) is 5.75 Å². The number of methoxy groups -OCH3 is 1. The zero-order valence-electron chi connectivity index (χ0n) is 18.7. The van der Waals surface area contributed by atoms with Crippen molar-refractivity contribution in [3.63, 3.8) is 0 Å². The molecule has 0 spiro atoms. The Balaban J connectivity index is 2.11. The number of rotatable bonds is 8. The Hall–Kier alpha value is -3.36. The van der Waals surface area contributed by atoms with Gasteiger partial charge in [0.25, 0.3) is 0 Å². The van der Waals surface area contributed by atoms with Gasteiger partial charge in [-0.1, -0.05) is 19.3 Å². The Labute approximate surface area is 187 Å². The van der Waals surface area contributed by atoms with Crippen LogP contribution >= 0.6 is 0 Å². The minimum atomic E-state index is -0.732. The molecule has 2 aromatic rings. The average molecular weight is 444 g/mol. The average Bonchev–Trinajstić information content (AvgIpc) is 3.19. The Morgan fingerprint density at radius 3 is 2.22 bits per heavy atom. The Morgan fingerprint density at radius 2 is 1.62 bits per heavy atom. The van der Waals surface area contributed by atoms with Gasteiger partial charge in [0.1, 0.15) is 11.4 Å². The van der Waals surface area contributed by atoms with Gasteiger partial charge >= 0.3 is 11.9 Å². The summed E-state index contributed by atoms with van der Waals surface area (Å²) in [5.41, 5.74) is 0.324. The fourth-order valence-corrected chi connectivity index (χ4v) is 3.77. The number of carbonyl (C=O) groups is 3. The Morgan fingerprint density at radius 1 is 1.00 bits per heavy atom. The highest BCUT2D eigenvalue weighted by atomic mass is 16.5. The molecular weight excluding hydrogens is 414 g/mol. The van der Waals surface area contributed by atoms with Crippen LogP contribution in [0.1, 0.15) is 66.9 Å². The van der Waals surface area contributed by atoms with Gasteiger partial charge in [0.2, 0.25) is 5.91 Å². The predicted molar refractivity (Wildman–Crippen MR) is 117 cm³/mol. The molecule has 172 valence electrons. The maximum Gasteiger partial charge on any atom is 0.361 e. The third-order valence-electron chi connectivity index (χ3n) is 5.36. The van der Waals surface area contributed by atoms with Crippen molar-refractivity contribution >= 4 is 23.5 Å². The first kappa shape index (κ1) is 23.3. The van der Waals surface area contributed by atoms with Gasteiger partial charge in [0.05, 0.1) is 26.0 Å². The van der Waals surface area contributed by atoms with Crippen molar-refractivity contribution in [3.8, 4) is 11.4 Å². The molecule has 1 aromatic heterocycles. The van der Waals surface area contributed by atoms with Gasteiger partial charge in [-0.3, -0.25) is 4.79 Å². The first-order valence-electron chi connectivity index (χ1n) is 10.9. The number of ether oxygens (including phenoxy) is 3. The van der Waals surface area contributed by atoms with E-state index in [0.717, 1.165) is 32.1 Å². The van der Waals surface area contributed by atoms with Crippen LogP contribution in [0.15, 0.2) is 24.3 Å². The summed E-state index contributed by atoms with van der Waals surface area (Å²) in [6, 6.07) is 6.79. The van der Waals surface area contributed by atoms with Crippen LogP contribution < -0.4 is 10.1 Å². The van der Waals surface area contributed by atoms with E-state index in [4.69, 9.17) is 14.2 Å². The standard InChI is InChI=1S/C23H29N3O6/c1-4-31-22(28)19-18(24-21(27)15-9-7-6-8-10-15)20(23(29)32-5-2)26(25-19)16-11-13-17(30-3)14-12-16/h11-15H,4-10H2,1-3H3,(H,24,27). The van der Waals surface area contributed by atoms with Gasteiger partial charge in [-0.2, -0.15) is 5.10 Å². The van der Waals surface area contributed by atoms with Crippen LogP contribution in [-0.2, 0) is 14.3 Å². The monoisotopic (exact) mass is 443 g/mol. The lowest BCUT2D eigenvalue weighted by Gasteiger charge is -2.21. The van der Waals surface area contributed by atoms with E-state index in [9.17, 15) is 14.4 Å². The smallest absolute Gasteiger partial charge is 0.361 e. The minimum absolute atomic E-state index is 0.00768. The molecule has 0 atom stereocenters. The van der Waals surface area contributed by atoms with Crippen LogP contribution in [-0.4, -0.2) is 47.9 Å². The molecule has 1 aromatic carbocycles. The fourth-order valence-electron chi connectivity index (χ4n) is 3.77. The molecule has 1 heterocycles. The van der Waals surface area contributed by atoms with Crippen LogP contribution in [0.4, 0.5) is 5.69 Å². The Kier molecular flexibility index (Phi) is 7.86. The number of hydrogen-bond acceptors (Lipinski definition) is 7. The minimum Gasteiger partial charge on any atom is -0.497 e. The van der Waals surface area contributed by atoms with Gasteiger partial charge < -0.3 is 19.5 Å². The molecule has 1 amide bonds. The largest absolute Gasteiger partial charge is 0.497 e. The van der Waals surface area contributed by atoms with E-state index < -0.39 is 11.9 Å². The topological polar surface area (TPSA) is 109 Å². The highest BCUT2D eigenvalue weighted by Crippen LogP contribution is 2.30. The van der Waals surface area contributed by atoms with Crippen LogP contribution in [0, 0.1) is 5.92 Å². The number of nitrogens with one attached hydrogen (secondary N) is 1. The number of hydrogen-bond donors (Lipinski definition) is 1. The molecule has 1 aliphatic carbocycles. The van der Waals surface area contributed by atoms with Crippen molar-refractivity contribution in [3.05, 3.63) is 35.7 Å². The summed E-state index contributed by atoms with van der Waals surface area (Å²) in [6.45, 7) is 3.60. The van der Waals surface area contributed by atoms with Crippen LogP contribution in [0.3, 0.4) is 0 Å². The maximum absolute atomic E-state index is 13.0. The zero-order valence-corrected chi connectivity index (χ0v) is 18.7.